The molecule has 1 saturated carbocycles. The first-order valence-corrected chi connectivity index (χ1v) is 7.47. The molecule has 0 radical (unpaired) electrons. The average molecular weight is 292 g/mol. The Labute approximate surface area is 124 Å². The topological polar surface area (TPSA) is 43.4 Å². The van der Waals surface area contributed by atoms with E-state index in [1.807, 2.05) is 13.0 Å². The molecular formula is C17H21FO3. The lowest BCUT2D eigenvalue weighted by Crippen LogP contribution is -2.29. The van der Waals surface area contributed by atoms with E-state index in [9.17, 15) is 14.0 Å². The molecule has 0 saturated heterocycles. The molecule has 2 atom stereocenters. The Morgan fingerprint density at radius 3 is 2.86 bits per heavy atom. The van der Waals surface area contributed by atoms with Crippen LogP contribution in [0.25, 0.3) is 0 Å². The highest BCUT2D eigenvalue weighted by Gasteiger charge is 2.36. The molecule has 1 aliphatic carbocycles. The van der Waals surface area contributed by atoms with Crippen molar-refractivity contribution < 1.29 is 18.7 Å². The van der Waals surface area contributed by atoms with Crippen molar-refractivity contribution >= 4 is 11.8 Å². The van der Waals surface area contributed by atoms with E-state index >= 15 is 0 Å². The summed E-state index contributed by atoms with van der Waals surface area (Å²) < 4.78 is 19.2. The number of ether oxygens (including phenoxy) is 1. The lowest BCUT2D eigenvalue weighted by Gasteiger charge is -2.30. The van der Waals surface area contributed by atoms with E-state index in [4.69, 9.17) is 4.74 Å². The Kier molecular flexibility index (Phi) is 5.10. The zero-order valence-electron chi connectivity index (χ0n) is 12.5. The summed E-state index contributed by atoms with van der Waals surface area (Å²) in [7, 11) is 0. The minimum atomic E-state index is -0.524. The van der Waals surface area contributed by atoms with Gasteiger partial charge >= 0.3 is 5.97 Å². The normalized spacial score (nSPS) is 22.1. The SMILES string of the molecule is CCOC(=O)C[C@@H]1CCCC(=O)[C@H]1c1ccc(C)cc1F. The summed E-state index contributed by atoms with van der Waals surface area (Å²) in [6.07, 6.45) is 2.14. The van der Waals surface area contributed by atoms with Gasteiger partial charge in [-0.2, -0.15) is 0 Å². The summed E-state index contributed by atoms with van der Waals surface area (Å²) in [5, 5.41) is 0. The predicted octanol–water partition coefficient (Wildman–Crippen LogP) is 3.54. The highest BCUT2D eigenvalue weighted by atomic mass is 19.1. The number of carbonyl (C=O) groups is 2. The van der Waals surface area contributed by atoms with Gasteiger partial charge in [0.25, 0.3) is 0 Å². The van der Waals surface area contributed by atoms with Crippen LogP contribution in [0, 0.1) is 18.7 Å². The van der Waals surface area contributed by atoms with Crippen LogP contribution < -0.4 is 0 Å². The van der Waals surface area contributed by atoms with Crippen molar-refractivity contribution in [2.75, 3.05) is 6.61 Å². The number of carbonyl (C=O) groups excluding carboxylic acids is 2. The van der Waals surface area contributed by atoms with Crippen molar-refractivity contribution in [1.82, 2.24) is 0 Å². The Morgan fingerprint density at radius 1 is 1.43 bits per heavy atom. The van der Waals surface area contributed by atoms with Crippen LogP contribution in [0.1, 0.15) is 49.7 Å². The maximum Gasteiger partial charge on any atom is 0.306 e. The van der Waals surface area contributed by atoms with Crippen LogP contribution in [-0.4, -0.2) is 18.4 Å². The van der Waals surface area contributed by atoms with Gasteiger partial charge in [-0.15, -0.1) is 0 Å². The molecule has 0 unspecified atom stereocenters. The van der Waals surface area contributed by atoms with Crippen molar-refractivity contribution in [1.29, 1.82) is 0 Å². The first kappa shape index (κ1) is 15.7. The average Bonchev–Trinajstić information content (AvgIpc) is 2.41. The van der Waals surface area contributed by atoms with E-state index in [-0.39, 0.29) is 29.9 Å². The number of rotatable bonds is 4. The highest BCUT2D eigenvalue weighted by Crippen LogP contribution is 2.38. The second-order valence-corrected chi connectivity index (χ2v) is 5.63. The molecule has 0 spiro atoms. The van der Waals surface area contributed by atoms with Crippen molar-refractivity contribution in [3.8, 4) is 0 Å². The molecule has 4 heteroatoms. The van der Waals surface area contributed by atoms with Crippen molar-refractivity contribution in [2.24, 2.45) is 5.92 Å². The van der Waals surface area contributed by atoms with Gasteiger partial charge in [-0.1, -0.05) is 12.1 Å². The number of benzene rings is 1. The molecule has 1 fully saturated rings. The van der Waals surface area contributed by atoms with Gasteiger partial charge in [-0.3, -0.25) is 9.59 Å². The number of aryl methyl sites for hydroxylation is 1. The van der Waals surface area contributed by atoms with E-state index in [0.29, 0.717) is 18.6 Å². The van der Waals surface area contributed by atoms with Crippen LogP contribution in [0.3, 0.4) is 0 Å². The van der Waals surface area contributed by atoms with Gasteiger partial charge in [0.05, 0.1) is 6.61 Å². The fourth-order valence-corrected chi connectivity index (χ4v) is 3.09. The van der Waals surface area contributed by atoms with Crippen molar-refractivity contribution in [2.45, 2.75) is 45.4 Å². The molecule has 0 aliphatic heterocycles. The minimum Gasteiger partial charge on any atom is -0.466 e. The quantitative estimate of drug-likeness (QED) is 0.797. The van der Waals surface area contributed by atoms with Crippen LogP contribution in [0.5, 0.6) is 0 Å². The summed E-state index contributed by atoms with van der Waals surface area (Å²) in [5.74, 6) is -1.33. The molecule has 3 nitrogen and oxygen atoms in total. The third kappa shape index (κ3) is 3.69. The third-order valence-corrected chi connectivity index (χ3v) is 4.04. The number of halogens is 1. The van der Waals surface area contributed by atoms with Crippen LogP contribution >= 0.6 is 0 Å². The number of ketones is 1. The molecule has 0 bridgehead atoms. The second-order valence-electron chi connectivity index (χ2n) is 5.63. The summed E-state index contributed by atoms with van der Waals surface area (Å²) in [5.41, 5.74) is 1.24. The Hall–Kier alpha value is -1.71. The molecular weight excluding hydrogens is 271 g/mol. The van der Waals surface area contributed by atoms with Crippen LogP contribution in [0.15, 0.2) is 18.2 Å². The summed E-state index contributed by atoms with van der Waals surface area (Å²) in [6, 6.07) is 4.93. The van der Waals surface area contributed by atoms with Gasteiger partial charge in [0.2, 0.25) is 0 Å². The largest absolute Gasteiger partial charge is 0.466 e. The molecule has 1 aliphatic rings. The summed E-state index contributed by atoms with van der Waals surface area (Å²) in [4.78, 5) is 24.0. The molecule has 0 heterocycles. The first-order valence-electron chi connectivity index (χ1n) is 7.47. The molecule has 21 heavy (non-hydrogen) atoms. The van der Waals surface area contributed by atoms with Gasteiger partial charge in [0.15, 0.2) is 0 Å². The molecule has 0 aromatic heterocycles. The lowest BCUT2D eigenvalue weighted by molar-refractivity contribution is -0.145. The van der Waals surface area contributed by atoms with Gasteiger partial charge in [0, 0.05) is 18.8 Å². The van der Waals surface area contributed by atoms with Crippen molar-refractivity contribution in [3.05, 3.63) is 35.1 Å². The number of Topliss-reactive ketones (excluding diaryl/α,β-unsaturated/α-hetero) is 1. The highest BCUT2D eigenvalue weighted by molar-refractivity contribution is 5.87. The van der Waals surface area contributed by atoms with Gasteiger partial charge < -0.3 is 4.74 Å². The standard InChI is InChI=1S/C17H21FO3/c1-3-21-16(20)10-12-5-4-6-15(19)17(12)13-8-7-11(2)9-14(13)18/h7-9,12,17H,3-6,10H2,1-2H3/t12-,17+/m0/s1. The molecule has 0 amide bonds. The van der Waals surface area contributed by atoms with Gasteiger partial charge in [0.1, 0.15) is 11.6 Å². The van der Waals surface area contributed by atoms with E-state index in [1.165, 1.54) is 6.07 Å². The molecule has 2 rings (SSSR count). The number of esters is 1. The molecule has 114 valence electrons. The molecule has 0 N–H and O–H groups in total. The second kappa shape index (κ2) is 6.83. The van der Waals surface area contributed by atoms with E-state index in [2.05, 4.69) is 0 Å². The van der Waals surface area contributed by atoms with E-state index < -0.39 is 5.92 Å². The Morgan fingerprint density at radius 2 is 2.19 bits per heavy atom. The minimum absolute atomic E-state index is 0.0262. The first-order chi connectivity index (χ1) is 10.0. The lowest BCUT2D eigenvalue weighted by atomic mass is 9.73. The van der Waals surface area contributed by atoms with Crippen molar-refractivity contribution in [3.63, 3.8) is 0 Å². The van der Waals surface area contributed by atoms with Crippen LogP contribution in [0.4, 0.5) is 4.39 Å². The fraction of sp³-hybridized carbons (Fsp3) is 0.529. The number of hydrogen-bond acceptors (Lipinski definition) is 3. The monoisotopic (exact) mass is 292 g/mol. The Balaban J connectivity index is 2.26. The van der Waals surface area contributed by atoms with E-state index in [0.717, 1.165) is 18.4 Å². The zero-order valence-corrected chi connectivity index (χ0v) is 12.5. The molecule has 1 aromatic rings. The summed E-state index contributed by atoms with van der Waals surface area (Å²) in [6.45, 7) is 3.88. The Bertz CT molecular complexity index is 539. The summed E-state index contributed by atoms with van der Waals surface area (Å²) >= 11 is 0. The fourth-order valence-electron chi connectivity index (χ4n) is 3.09. The van der Waals surface area contributed by atoms with E-state index in [1.54, 1.807) is 13.0 Å². The smallest absolute Gasteiger partial charge is 0.306 e. The third-order valence-electron chi connectivity index (χ3n) is 4.04. The maximum absolute atomic E-state index is 14.2. The van der Waals surface area contributed by atoms with Gasteiger partial charge in [-0.25, -0.2) is 4.39 Å². The molecule has 1 aromatic carbocycles. The maximum atomic E-state index is 14.2. The predicted molar refractivity (Wildman–Crippen MR) is 77.5 cm³/mol. The zero-order chi connectivity index (χ0) is 15.4. The van der Waals surface area contributed by atoms with Crippen LogP contribution in [-0.2, 0) is 14.3 Å². The number of hydrogen-bond donors (Lipinski definition) is 0. The van der Waals surface area contributed by atoms with Gasteiger partial charge in [-0.05, 0) is 49.8 Å². The van der Waals surface area contributed by atoms with Crippen LogP contribution in [0.2, 0.25) is 0 Å².